The number of hydrogen-bond acceptors (Lipinski definition) is 2. The number of rotatable bonds is 3. The third kappa shape index (κ3) is 3.27. The molecule has 19 heavy (non-hydrogen) atoms. The molecule has 1 heterocycles. The number of aromatic nitrogens is 1. The number of aromatic amines is 1. The molecule has 0 amide bonds. The predicted molar refractivity (Wildman–Crippen MR) is 65.2 cm³/mol. The molecule has 0 saturated heterocycles. The van der Waals surface area contributed by atoms with E-state index in [4.69, 9.17) is 0 Å². The van der Waals surface area contributed by atoms with Crippen LogP contribution >= 0.6 is 0 Å². The number of benzene rings is 1. The molecule has 2 rings (SSSR count). The fraction of sp³-hybridized carbons (Fsp3) is 0.308. The zero-order valence-corrected chi connectivity index (χ0v) is 10.2. The maximum Gasteiger partial charge on any atom is 0.573 e. The highest BCUT2D eigenvalue weighted by atomic mass is 19.4. The smallest absolute Gasteiger partial charge is 0.406 e. The van der Waals surface area contributed by atoms with Gasteiger partial charge in [-0.05, 0) is 24.6 Å². The van der Waals surface area contributed by atoms with Crippen LogP contribution in [0.2, 0.25) is 0 Å². The summed E-state index contributed by atoms with van der Waals surface area (Å²) in [7, 11) is 0. The quantitative estimate of drug-likeness (QED) is 0.929. The van der Waals surface area contributed by atoms with Crippen LogP contribution in [0.3, 0.4) is 0 Å². The molecule has 1 aromatic carbocycles. The molecule has 0 bridgehead atoms. The molecular formula is C13H12F3NO2. The lowest BCUT2D eigenvalue weighted by Crippen LogP contribution is -2.17. The van der Waals surface area contributed by atoms with Crippen molar-refractivity contribution in [1.29, 1.82) is 0 Å². The van der Waals surface area contributed by atoms with Crippen molar-refractivity contribution in [3.05, 3.63) is 40.2 Å². The molecule has 0 unspecified atom stereocenters. The first-order chi connectivity index (χ1) is 8.89. The van der Waals surface area contributed by atoms with Crippen LogP contribution in [0.25, 0.3) is 10.9 Å². The standard InChI is InChI=1S/C13H12F3NO2/c1-2-3-8-6-12(18)10-7-9(19-13(14,15)16)4-5-11(10)17-8/h4-7H,2-3H2,1H3,(H,17,18). The molecule has 0 aliphatic rings. The number of alkyl halides is 3. The van der Waals surface area contributed by atoms with Crippen LogP contribution in [-0.4, -0.2) is 11.3 Å². The molecule has 0 aliphatic heterocycles. The number of hydrogen-bond donors (Lipinski definition) is 1. The van der Waals surface area contributed by atoms with Crippen LogP contribution < -0.4 is 10.2 Å². The normalized spacial score (nSPS) is 11.8. The first-order valence-corrected chi connectivity index (χ1v) is 5.81. The Morgan fingerprint density at radius 2 is 2.00 bits per heavy atom. The van der Waals surface area contributed by atoms with Crippen molar-refractivity contribution in [2.75, 3.05) is 0 Å². The largest absolute Gasteiger partial charge is 0.573 e. The van der Waals surface area contributed by atoms with E-state index >= 15 is 0 Å². The van der Waals surface area contributed by atoms with Crippen molar-refractivity contribution in [2.24, 2.45) is 0 Å². The highest BCUT2D eigenvalue weighted by molar-refractivity contribution is 5.80. The summed E-state index contributed by atoms with van der Waals surface area (Å²) in [6, 6.07) is 5.10. The Morgan fingerprint density at radius 3 is 2.63 bits per heavy atom. The molecule has 6 heteroatoms. The van der Waals surface area contributed by atoms with Crippen molar-refractivity contribution in [2.45, 2.75) is 26.1 Å². The predicted octanol–water partition coefficient (Wildman–Crippen LogP) is 3.38. The maximum atomic E-state index is 12.1. The Morgan fingerprint density at radius 1 is 1.26 bits per heavy atom. The van der Waals surface area contributed by atoms with Gasteiger partial charge in [0.1, 0.15) is 5.75 Å². The second kappa shape index (κ2) is 4.95. The minimum Gasteiger partial charge on any atom is -0.406 e. The van der Waals surface area contributed by atoms with Crippen molar-refractivity contribution < 1.29 is 17.9 Å². The third-order valence-corrected chi connectivity index (χ3v) is 2.61. The van der Waals surface area contributed by atoms with Crippen molar-refractivity contribution >= 4 is 10.9 Å². The van der Waals surface area contributed by atoms with Crippen LogP contribution in [0.15, 0.2) is 29.1 Å². The Bertz CT molecular complexity index is 646. The van der Waals surface area contributed by atoms with Crippen LogP contribution in [0, 0.1) is 0 Å². The number of ether oxygens (including phenoxy) is 1. The third-order valence-electron chi connectivity index (χ3n) is 2.61. The van der Waals surface area contributed by atoms with Crippen LogP contribution in [-0.2, 0) is 6.42 Å². The van der Waals surface area contributed by atoms with Crippen LogP contribution in [0.4, 0.5) is 13.2 Å². The summed E-state index contributed by atoms with van der Waals surface area (Å²) < 4.78 is 40.1. The van der Waals surface area contributed by atoms with E-state index in [2.05, 4.69) is 9.72 Å². The Labute approximate surface area is 107 Å². The summed E-state index contributed by atoms with van der Waals surface area (Å²) in [6.45, 7) is 1.97. The van der Waals surface area contributed by atoms with E-state index in [0.717, 1.165) is 18.2 Å². The average Bonchev–Trinajstić information content (AvgIpc) is 2.28. The van der Waals surface area contributed by atoms with Crippen molar-refractivity contribution in [3.63, 3.8) is 0 Å². The van der Waals surface area contributed by atoms with Crippen LogP contribution in [0.1, 0.15) is 19.0 Å². The van der Waals surface area contributed by atoms with Gasteiger partial charge in [0.05, 0.1) is 0 Å². The van der Waals surface area contributed by atoms with Gasteiger partial charge in [-0.1, -0.05) is 13.3 Å². The molecule has 3 nitrogen and oxygen atoms in total. The summed E-state index contributed by atoms with van der Waals surface area (Å²) in [5, 5.41) is 0.182. The van der Waals surface area contributed by atoms with Gasteiger partial charge >= 0.3 is 6.36 Å². The number of aryl methyl sites for hydroxylation is 1. The van der Waals surface area contributed by atoms with Gasteiger partial charge < -0.3 is 9.72 Å². The van der Waals surface area contributed by atoms with Crippen LogP contribution in [0.5, 0.6) is 5.75 Å². The molecular weight excluding hydrogens is 259 g/mol. The number of nitrogens with one attached hydrogen (secondary N) is 1. The second-order valence-corrected chi connectivity index (χ2v) is 4.16. The van der Waals surface area contributed by atoms with E-state index in [0.29, 0.717) is 11.9 Å². The Balaban J connectivity index is 2.46. The fourth-order valence-corrected chi connectivity index (χ4v) is 1.88. The van der Waals surface area contributed by atoms with Gasteiger partial charge in [0.25, 0.3) is 0 Å². The number of H-pyrrole nitrogens is 1. The Hall–Kier alpha value is -1.98. The molecule has 0 saturated carbocycles. The van der Waals surface area contributed by atoms with E-state index in [-0.39, 0.29) is 10.8 Å². The lowest BCUT2D eigenvalue weighted by atomic mass is 10.1. The fourth-order valence-electron chi connectivity index (χ4n) is 1.88. The summed E-state index contributed by atoms with van der Waals surface area (Å²) in [4.78, 5) is 14.9. The molecule has 1 aromatic heterocycles. The number of pyridine rings is 1. The molecule has 0 atom stereocenters. The Kier molecular flexibility index (Phi) is 3.50. The summed E-state index contributed by atoms with van der Waals surface area (Å²) >= 11 is 0. The molecule has 0 fully saturated rings. The molecule has 1 N–H and O–H groups in total. The summed E-state index contributed by atoms with van der Waals surface area (Å²) in [6.07, 6.45) is -3.18. The molecule has 0 radical (unpaired) electrons. The molecule has 0 aliphatic carbocycles. The van der Waals surface area contributed by atoms with E-state index in [1.165, 1.54) is 18.2 Å². The lowest BCUT2D eigenvalue weighted by molar-refractivity contribution is -0.274. The lowest BCUT2D eigenvalue weighted by Gasteiger charge is -2.09. The van der Waals surface area contributed by atoms with Gasteiger partial charge in [-0.2, -0.15) is 0 Å². The first kappa shape index (κ1) is 13.5. The van der Waals surface area contributed by atoms with Gasteiger partial charge in [0.15, 0.2) is 5.43 Å². The average molecular weight is 271 g/mol. The first-order valence-electron chi connectivity index (χ1n) is 5.81. The van der Waals surface area contributed by atoms with Gasteiger partial charge in [0.2, 0.25) is 0 Å². The van der Waals surface area contributed by atoms with E-state index in [1.54, 1.807) is 0 Å². The van der Waals surface area contributed by atoms with Gasteiger partial charge in [-0.3, -0.25) is 4.79 Å². The minimum atomic E-state index is -4.76. The minimum absolute atomic E-state index is 0.182. The van der Waals surface area contributed by atoms with Crippen molar-refractivity contribution in [1.82, 2.24) is 4.98 Å². The molecule has 102 valence electrons. The highest BCUT2D eigenvalue weighted by Gasteiger charge is 2.31. The maximum absolute atomic E-state index is 12.1. The number of fused-ring (bicyclic) bond motifs is 1. The van der Waals surface area contributed by atoms with Gasteiger partial charge in [-0.15, -0.1) is 13.2 Å². The topological polar surface area (TPSA) is 42.1 Å². The zero-order valence-electron chi connectivity index (χ0n) is 10.2. The van der Waals surface area contributed by atoms with Gasteiger partial charge in [0, 0.05) is 22.7 Å². The summed E-state index contributed by atoms with van der Waals surface area (Å²) in [5.74, 6) is -0.395. The van der Waals surface area contributed by atoms with Crippen molar-refractivity contribution in [3.8, 4) is 5.75 Å². The molecule has 2 aromatic rings. The SMILES string of the molecule is CCCc1cc(=O)c2cc(OC(F)(F)F)ccc2[nH]1. The van der Waals surface area contributed by atoms with Gasteiger partial charge in [-0.25, -0.2) is 0 Å². The zero-order chi connectivity index (χ0) is 14.0. The van der Waals surface area contributed by atoms with E-state index in [1.807, 2.05) is 6.92 Å². The second-order valence-electron chi connectivity index (χ2n) is 4.16. The van der Waals surface area contributed by atoms with E-state index < -0.39 is 12.1 Å². The monoisotopic (exact) mass is 271 g/mol. The van der Waals surface area contributed by atoms with E-state index in [9.17, 15) is 18.0 Å². The number of halogens is 3. The summed E-state index contributed by atoms with van der Waals surface area (Å²) in [5.41, 5.74) is 0.958. The highest BCUT2D eigenvalue weighted by Crippen LogP contribution is 2.24. The molecule has 0 spiro atoms.